The molecule has 1 heterocycles. The van der Waals surface area contributed by atoms with Crippen LogP contribution in [-0.2, 0) is 9.53 Å². The van der Waals surface area contributed by atoms with E-state index in [1.165, 1.54) is 0 Å². The molecule has 0 fully saturated rings. The highest BCUT2D eigenvalue weighted by Crippen LogP contribution is 2.36. The second-order valence-electron chi connectivity index (χ2n) is 3.15. The molecule has 0 N–H and O–H groups in total. The number of cyclic esters (lactones) is 1. The van der Waals surface area contributed by atoms with Gasteiger partial charge in [-0.05, 0) is 35.7 Å². The molecule has 1 rings (SSSR count). The van der Waals surface area contributed by atoms with Crippen LogP contribution >= 0.6 is 31.9 Å². The number of halogens is 2. The zero-order valence-corrected chi connectivity index (χ0v) is 11.4. The summed E-state index contributed by atoms with van der Waals surface area (Å²) in [6, 6.07) is 0. The van der Waals surface area contributed by atoms with E-state index in [1.807, 2.05) is 6.92 Å². The Bertz CT molecular complexity index is 312. The second kappa shape index (κ2) is 5.12. The lowest BCUT2D eigenvalue weighted by molar-refractivity contribution is -0.133. The average molecular weight is 324 g/mol. The van der Waals surface area contributed by atoms with Crippen molar-refractivity contribution in [2.24, 2.45) is 0 Å². The highest BCUT2D eigenvalue weighted by molar-refractivity contribution is 9.12. The molecular weight excluding hydrogens is 312 g/mol. The number of unbranched alkanes of at least 4 members (excludes halogenated alkanes) is 1. The third kappa shape index (κ3) is 2.48. The Morgan fingerprint density at radius 2 is 2.14 bits per heavy atom. The van der Waals surface area contributed by atoms with Crippen LogP contribution in [0.5, 0.6) is 0 Å². The summed E-state index contributed by atoms with van der Waals surface area (Å²) >= 11 is 6.69. The zero-order valence-electron chi connectivity index (χ0n) is 8.19. The smallest absolute Gasteiger partial charge is 0.340 e. The maximum Gasteiger partial charge on any atom is 0.340 e. The second-order valence-corrected chi connectivity index (χ2v) is 5.13. The van der Waals surface area contributed by atoms with E-state index in [4.69, 9.17) is 4.74 Å². The van der Waals surface area contributed by atoms with E-state index in [0.29, 0.717) is 5.76 Å². The van der Waals surface area contributed by atoms with E-state index in [1.54, 1.807) is 0 Å². The van der Waals surface area contributed by atoms with Crippen LogP contribution in [0.2, 0.25) is 0 Å². The third-order valence-electron chi connectivity index (χ3n) is 2.00. The molecule has 0 aromatic carbocycles. The summed E-state index contributed by atoms with van der Waals surface area (Å²) in [5, 5.41) is 0. The van der Waals surface area contributed by atoms with Crippen molar-refractivity contribution < 1.29 is 9.53 Å². The van der Waals surface area contributed by atoms with Crippen LogP contribution in [0.15, 0.2) is 20.3 Å². The van der Waals surface area contributed by atoms with Gasteiger partial charge in [0, 0.05) is 4.48 Å². The molecule has 0 unspecified atom stereocenters. The number of hydrogen-bond donors (Lipinski definition) is 0. The van der Waals surface area contributed by atoms with Gasteiger partial charge in [0.1, 0.15) is 0 Å². The van der Waals surface area contributed by atoms with E-state index in [-0.39, 0.29) is 5.97 Å². The highest BCUT2D eigenvalue weighted by Gasteiger charge is 2.28. The van der Waals surface area contributed by atoms with Gasteiger partial charge in [0.15, 0.2) is 5.76 Å². The molecule has 1 aliphatic heterocycles. The van der Waals surface area contributed by atoms with Gasteiger partial charge in [0.05, 0.1) is 10.1 Å². The van der Waals surface area contributed by atoms with E-state index >= 15 is 0 Å². The molecule has 4 heteroatoms. The SMILES string of the molecule is CCCCC1=C(Br)/C(=C(\C)Br)OC1=O. The van der Waals surface area contributed by atoms with Crippen molar-refractivity contribution in [3.05, 3.63) is 20.3 Å². The van der Waals surface area contributed by atoms with Gasteiger partial charge >= 0.3 is 5.97 Å². The van der Waals surface area contributed by atoms with Gasteiger partial charge in [0.25, 0.3) is 0 Å². The maximum absolute atomic E-state index is 11.4. The zero-order chi connectivity index (χ0) is 10.7. The van der Waals surface area contributed by atoms with Gasteiger partial charge in [-0.1, -0.05) is 29.3 Å². The number of allylic oxidation sites excluding steroid dienone is 2. The normalized spacial score (nSPS) is 20.1. The summed E-state index contributed by atoms with van der Waals surface area (Å²) in [6.45, 7) is 3.95. The summed E-state index contributed by atoms with van der Waals surface area (Å²) in [5.41, 5.74) is 0.751. The van der Waals surface area contributed by atoms with Crippen molar-refractivity contribution in [3.63, 3.8) is 0 Å². The fraction of sp³-hybridized carbons (Fsp3) is 0.500. The summed E-state index contributed by atoms with van der Waals surface area (Å²) < 4.78 is 6.75. The van der Waals surface area contributed by atoms with Crippen molar-refractivity contribution in [3.8, 4) is 0 Å². The predicted molar refractivity (Wildman–Crippen MR) is 63.2 cm³/mol. The lowest BCUT2D eigenvalue weighted by Gasteiger charge is -1.97. The molecule has 0 spiro atoms. The van der Waals surface area contributed by atoms with E-state index in [2.05, 4.69) is 38.8 Å². The standard InChI is InChI=1S/C10H12Br2O2/c1-3-4-5-7-8(12)9(6(2)11)14-10(7)13/h3-5H2,1-2H3/b9-6-. The summed E-state index contributed by atoms with van der Waals surface area (Å²) in [4.78, 5) is 11.4. The molecule has 2 nitrogen and oxygen atoms in total. The Labute approximate surface area is 101 Å². The first-order valence-corrected chi connectivity index (χ1v) is 6.14. The van der Waals surface area contributed by atoms with Crippen molar-refractivity contribution >= 4 is 37.8 Å². The van der Waals surface area contributed by atoms with Gasteiger partial charge in [-0.15, -0.1) is 0 Å². The largest absolute Gasteiger partial charge is 0.421 e. The van der Waals surface area contributed by atoms with Crippen LogP contribution in [0.1, 0.15) is 33.1 Å². The maximum atomic E-state index is 11.4. The van der Waals surface area contributed by atoms with E-state index in [0.717, 1.165) is 33.8 Å². The Balaban J connectivity index is 2.91. The molecule has 0 amide bonds. The predicted octanol–water partition coefficient (Wildman–Crippen LogP) is 4.01. The van der Waals surface area contributed by atoms with Crippen LogP contribution in [0.3, 0.4) is 0 Å². The van der Waals surface area contributed by atoms with Crippen LogP contribution in [-0.4, -0.2) is 5.97 Å². The number of rotatable bonds is 3. The lowest BCUT2D eigenvalue weighted by atomic mass is 10.1. The molecule has 0 saturated heterocycles. The Kier molecular flexibility index (Phi) is 4.38. The van der Waals surface area contributed by atoms with E-state index in [9.17, 15) is 4.79 Å². The summed E-state index contributed by atoms with van der Waals surface area (Å²) in [6.07, 6.45) is 2.86. The third-order valence-corrected chi connectivity index (χ3v) is 3.20. The molecule has 78 valence electrons. The number of carbonyl (C=O) groups is 1. The Hall–Kier alpha value is -0.0900. The first-order chi connectivity index (χ1) is 6.57. The van der Waals surface area contributed by atoms with Crippen molar-refractivity contribution in [2.45, 2.75) is 33.1 Å². The van der Waals surface area contributed by atoms with Crippen molar-refractivity contribution in [1.29, 1.82) is 0 Å². The summed E-state index contributed by atoms with van der Waals surface area (Å²) in [5.74, 6) is 0.389. The molecule has 1 aliphatic rings. The average Bonchev–Trinajstić information content (AvgIpc) is 2.40. The Morgan fingerprint density at radius 1 is 1.50 bits per heavy atom. The van der Waals surface area contributed by atoms with Crippen molar-refractivity contribution in [2.75, 3.05) is 0 Å². The fourth-order valence-electron chi connectivity index (χ4n) is 1.21. The minimum absolute atomic E-state index is 0.223. The number of ether oxygens (including phenoxy) is 1. The van der Waals surface area contributed by atoms with Crippen LogP contribution in [0.4, 0.5) is 0 Å². The topological polar surface area (TPSA) is 26.3 Å². The van der Waals surface area contributed by atoms with E-state index < -0.39 is 0 Å². The Morgan fingerprint density at radius 3 is 2.57 bits per heavy atom. The van der Waals surface area contributed by atoms with Gasteiger partial charge in [-0.2, -0.15) is 0 Å². The molecule has 0 aromatic rings. The molecule has 0 saturated carbocycles. The lowest BCUT2D eigenvalue weighted by Crippen LogP contribution is -1.98. The van der Waals surface area contributed by atoms with Crippen molar-refractivity contribution in [1.82, 2.24) is 0 Å². The molecule has 0 bridgehead atoms. The van der Waals surface area contributed by atoms with Crippen LogP contribution in [0, 0.1) is 0 Å². The number of carbonyl (C=O) groups excluding carboxylic acids is 1. The first-order valence-electron chi connectivity index (χ1n) is 4.55. The number of esters is 1. The minimum atomic E-state index is -0.223. The molecular formula is C10H12Br2O2. The first kappa shape index (κ1) is 12.0. The van der Waals surface area contributed by atoms with Gasteiger partial charge in [0.2, 0.25) is 0 Å². The minimum Gasteiger partial charge on any atom is -0.421 e. The fourth-order valence-corrected chi connectivity index (χ4v) is 2.50. The van der Waals surface area contributed by atoms with Gasteiger partial charge in [-0.3, -0.25) is 0 Å². The molecule has 0 aromatic heterocycles. The van der Waals surface area contributed by atoms with Crippen LogP contribution in [0.25, 0.3) is 0 Å². The van der Waals surface area contributed by atoms with Gasteiger partial charge in [-0.25, -0.2) is 4.79 Å². The molecule has 0 aliphatic carbocycles. The highest BCUT2D eigenvalue weighted by atomic mass is 79.9. The summed E-state index contributed by atoms with van der Waals surface area (Å²) in [7, 11) is 0. The monoisotopic (exact) mass is 322 g/mol. The molecule has 14 heavy (non-hydrogen) atoms. The molecule has 0 radical (unpaired) electrons. The van der Waals surface area contributed by atoms with Crippen LogP contribution < -0.4 is 0 Å². The number of hydrogen-bond acceptors (Lipinski definition) is 2. The van der Waals surface area contributed by atoms with Gasteiger partial charge < -0.3 is 4.74 Å². The molecule has 0 atom stereocenters. The quantitative estimate of drug-likeness (QED) is 0.733.